The van der Waals surface area contributed by atoms with Crippen molar-refractivity contribution in [1.29, 1.82) is 0 Å². The zero-order valence-electron chi connectivity index (χ0n) is 11.1. The fraction of sp³-hybridized carbons (Fsp3) is 0.286. The Hall–Kier alpha value is -1.88. The second-order valence-electron chi connectivity index (χ2n) is 4.38. The van der Waals surface area contributed by atoms with E-state index in [-0.39, 0.29) is 17.1 Å². The first-order valence-electron chi connectivity index (χ1n) is 6.35. The van der Waals surface area contributed by atoms with Crippen LogP contribution in [0.25, 0.3) is 0 Å². The standard InChI is InChI=1S/C14H15ClFN3O/c1-2-6-17-11-7-13(20)19(18-8-11)9-10-4-3-5-12(15)14(10)16/h3-5,7-8,17H,2,6,9H2,1H3. The number of benzene rings is 1. The highest BCUT2D eigenvalue weighted by Crippen LogP contribution is 2.18. The third-order valence-electron chi connectivity index (χ3n) is 2.80. The summed E-state index contributed by atoms with van der Waals surface area (Å²) in [5.41, 5.74) is 0.714. The van der Waals surface area contributed by atoms with E-state index in [1.54, 1.807) is 18.3 Å². The van der Waals surface area contributed by atoms with E-state index in [0.29, 0.717) is 11.3 Å². The monoisotopic (exact) mass is 295 g/mol. The first kappa shape index (κ1) is 14.5. The molecule has 0 amide bonds. The quantitative estimate of drug-likeness (QED) is 0.922. The summed E-state index contributed by atoms with van der Waals surface area (Å²) in [6, 6.07) is 6.14. The molecule has 0 unspecified atom stereocenters. The van der Waals surface area contributed by atoms with Crippen LogP contribution in [0, 0.1) is 5.82 Å². The van der Waals surface area contributed by atoms with Gasteiger partial charge in [0, 0.05) is 18.2 Å². The summed E-state index contributed by atoms with van der Waals surface area (Å²) in [4.78, 5) is 11.9. The van der Waals surface area contributed by atoms with Crippen LogP contribution in [-0.2, 0) is 6.54 Å². The second kappa shape index (κ2) is 6.52. The van der Waals surface area contributed by atoms with E-state index in [4.69, 9.17) is 11.6 Å². The molecule has 0 aliphatic rings. The molecule has 1 aromatic heterocycles. The Morgan fingerprint density at radius 1 is 1.45 bits per heavy atom. The summed E-state index contributed by atoms with van der Waals surface area (Å²) in [7, 11) is 0. The molecule has 1 aromatic carbocycles. The number of anilines is 1. The summed E-state index contributed by atoms with van der Waals surface area (Å²) >= 11 is 5.71. The molecule has 1 N–H and O–H groups in total. The number of nitrogens with zero attached hydrogens (tertiary/aromatic N) is 2. The van der Waals surface area contributed by atoms with E-state index >= 15 is 0 Å². The van der Waals surface area contributed by atoms with Crippen LogP contribution in [0.1, 0.15) is 18.9 Å². The third-order valence-corrected chi connectivity index (χ3v) is 3.09. The predicted octanol–water partition coefficient (Wildman–Crippen LogP) is 2.91. The highest BCUT2D eigenvalue weighted by Gasteiger charge is 2.08. The largest absolute Gasteiger partial charge is 0.384 e. The fourth-order valence-corrected chi connectivity index (χ4v) is 1.94. The molecule has 0 atom stereocenters. The number of aromatic nitrogens is 2. The minimum absolute atomic E-state index is 0.0387. The van der Waals surface area contributed by atoms with Crippen molar-refractivity contribution in [3.63, 3.8) is 0 Å². The first-order chi connectivity index (χ1) is 9.61. The zero-order chi connectivity index (χ0) is 14.5. The lowest BCUT2D eigenvalue weighted by Crippen LogP contribution is -2.23. The molecule has 0 fully saturated rings. The van der Waals surface area contributed by atoms with E-state index in [0.717, 1.165) is 13.0 Å². The van der Waals surface area contributed by atoms with Crippen LogP contribution in [0.3, 0.4) is 0 Å². The van der Waals surface area contributed by atoms with E-state index in [2.05, 4.69) is 10.4 Å². The Kier molecular flexibility index (Phi) is 4.74. The minimum Gasteiger partial charge on any atom is -0.384 e. The maximum absolute atomic E-state index is 13.8. The molecule has 2 aromatic rings. The van der Waals surface area contributed by atoms with E-state index in [1.807, 2.05) is 6.92 Å². The molecule has 4 nitrogen and oxygen atoms in total. The van der Waals surface area contributed by atoms with Crippen LogP contribution in [-0.4, -0.2) is 16.3 Å². The molecule has 0 radical (unpaired) electrons. The number of rotatable bonds is 5. The van der Waals surface area contributed by atoms with Crippen molar-refractivity contribution in [2.45, 2.75) is 19.9 Å². The molecular weight excluding hydrogens is 281 g/mol. The lowest BCUT2D eigenvalue weighted by molar-refractivity contribution is 0.573. The lowest BCUT2D eigenvalue weighted by atomic mass is 10.2. The van der Waals surface area contributed by atoms with Crippen LogP contribution in [0.4, 0.5) is 10.1 Å². The van der Waals surface area contributed by atoms with Crippen molar-refractivity contribution >= 4 is 17.3 Å². The van der Waals surface area contributed by atoms with E-state index in [1.165, 1.54) is 16.8 Å². The molecular formula is C14H15ClFN3O. The Labute approximate surface area is 121 Å². The molecule has 0 saturated heterocycles. The second-order valence-corrected chi connectivity index (χ2v) is 4.79. The van der Waals surface area contributed by atoms with Crippen LogP contribution < -0.4 is 10.9 Å². The number of nitrogens with one attached hydrogen (secondary N) is 1. The van der Waals surface area contributed by atoms with Crippen molar-refractivity contribution in [1.82, 2.24) is 9.78 Å². The van der Waals surface area contributed by atoms with Crippen molar-refractivity contribution in [2.24, 2.45) is 0 Å². The highest BCUT2D eigenvalue weighted by molar-refractivity contribution is 6.30. The van der Waals surface area contributed by atoms with E-state index < -0.39 is 5.82 Å². The number of hydrogen-bond acceptors (Lipinski definition) is 3. The van der Waals surface area contributed by atoms with E-state index in [9.17, 15) is 9.18 Å². The summed E-state index contributed by atoms with van der Waals surface area (Å²) in [6.07, 6.45) is 2.51. The Morgan fingerprint density at radius 3 is 2.95 bits per heavy atom. The molecule has 0 bridgehead atoms. The minimum atomic E-state index is -0.518. The third kappa shape index (κ3) is 3.36. The highest BCUT2D eigenvalue weighted by atomic mass is 35.5. The van der Waals surface area contributed by atoms with Gasteiger partial charge in [0.1, 0.15) is 5.82 Å². The summed E-state index contributed by atoms with van der Waals surface area (Å²) < 4.78 is 15.0. The van der Waals surface area contributed by atoms with Gasteiger partial charge >= 0.3 is 0 Å². The van der Waals surface area contributed by atoms with Crippen LogP contribution >= 0.6 is 11.6 Å². The molecule has 20 heavy (non-hydrogen) atoms. The van der Waals surface area contributed by atoms with Gasteiger partial charge in [-0.15, -0.1) is 0 Å². The Morgan fingerprint density at radius 2 is 2.25 bits per heavy atom. The predicted molar refractivity (Wildman–Crippen MR) is 77.8 cm³/mol. The average Bonchev–Trinajstić information content (AvgIpc) is 2.44. The number of hydrogen-bond donors (Lipinski definition) is 1. The van der Waals surface area contributed by atoms with Gasteiger partial charge in [-0.3, -0.25) is 4.79 Å². The van der Waals surface area contributed by atoms with Gasteiger partial charge in [0.2, 0.25) is 0 Å². The van der Waals surface area contributed by atoms with Crippen LogP contribution in [0.5, 0.6) is 0 Å². The normalized spacial score (nSPS) is 10.6. The summed E-state index contributed by atoms with van der Waals surface area (Å²) in [5.74, 6) is -0.518. The van der Waals surface area contributed by atoms with Crippen LogP contribution in [0.2, 0.25) is 5.02 Å². The van der Waals surface area contributed by atoms with Gasteiger partial charge in [-0.05, 0) is 12.5 Å². The maximum Gasteiger partial charge on any atom is 0.269 e. The van der Waals surface area contributed by atoms with Gasteiger partial charge in [0.25, 0.3) is 5.56 Å². The van der Waals surface area contributed by atoms with Crippen molar-refractivity contribution < 1.29 is 4.39 Å². The Bertz CT molecular complexity index is 657. The molecule has 0 saturated carbocycles. The molecule has 2 rings (SSSR count). The van der Waals surface area contributed by atoms with Gasteiger partial charge < -0.3 is 5.32 Å². The molecule has 0 aliphatic carbocycles. The summed E-state index contributed by atoms with van der Waals surface area (Å²) in [5, 5.41) is 7.14. The van der Waals surface area contributed by atoms with Gasteiger partial charge in [-0.2, -0.15) is 5.10 Å². The number of halogens is 2. The average molecular weight is 296 g/mol. The Balaban J connectivity index is 2.22. The van der Waals surface area contributed by atoms with Crippen LogP contribution in [0.15, 0.2) is 35.3 Å². The van der Waals surface area contributed by atoms with Gasteiger partial charge in [-0.25, -0.2) is 9.07 Å². The summed E-state index contributed by atoms with van der Waals surface area (Å²) in [6.45, 7) is 2.86. The smallest absolute Gasteiger partial charge is 0.269 e. The maximum atomic E-state index is 13.8. The topological polar surface area (TPSA) is 46.9 Å². The van der Waals surface area contributed by atoms with Gasteiger partial charge in [0.15, 0.2) is 0 Å². The van der Waals surface area contributed by atoms with Gasteiger partial charge in [-0.1, -0.05) is 30.7 Å². The van der Waals surface area contributed by atoms with Crippen molar-refractivity contribution in [2.75, 3.05) is 11.9 Å². The van der Waals surface area contributed by atoms with Gasteiger partial charge in [0.05, 0.1) is 23.5 Å². The molecule has 106 valence electrons. The first-order valence-corrected chi connectivity index (χ1v) is 6.73. The molecule has 6 heteroatoms. The molecule has 0 spiro atoms. The SMILES string of the molecule is CCCNc1cnn(Cc2cccc(Cl)c2F)c(=O)c1. The van der Waals surface area contributed by atoms with Crippen molar-refractivity contribution in [3.05, 3.63) is 57.2 Å². The lowest BCUT2D eigenvalue weighted by Gasteiger charge is -2.08. The zero-order valence-corrected chi connectivity index (χ0v) is 11.8. The fourth-order valence-electron chi connectivity index (χ4n) is 1.75. The molecule has 1 heterocycles. The molecule has 0 aliphatic heterocycles. The van der Waals surface area contributed by atoms with Crippen molar-refractivity contribution in [3.8, 4) is 0 Å².